The predicted molar refractivity (Wildman–Crippen MR) is 79.0 cm³/mol. The summed E-state index contributed by atoms with van der Waals surface area (Å²) in [6, 6.07) is 11.0. The van der Waals surface area contributed by atoms with E-state index >= 15 is 0 Å². The maximum atomic E-state index is 5.87. The molecule has 1 atom stereocenters. The minimum absolute atomic E-state index is 0.643. The number of benzene rings is 1. The Morgan fingerprint density at radius 1 is 1.26 bits per heavy atom. The van der Waals surface area contributed by atoms with Gasteiger partial charge in [0.2, 0.25) is 0 Å². The van der Waals surface area contributed by atoms with Crippen molar-refractivity contribution in [3.8, 4) is 0 Å². The number of piperidine rings is 1. The number of likely N-dealkylation sites (N-methyl/N-ethyl adjacent to an activating group) is 1. The van der Waals surface area contributed by atoms with Crippen LogP contribution in [0.15, 0.2) is 30.3 Å². The monoisotopic (exact) mass is 262 g/mol. The van der Waals surface area contributed by atoms with Crippen LogP contribution in [0.2, 0.25) is 0 Å². The van der Waals surface area contributed by atoms with Crippen LogP contribution in [0.3, 0.4) is 0 Å². The first-order valence-electron chi connectivity index (χ1n) is 7.46. The van der Waals surface area contributed by atoms with Gasteiger partial charge in [0.05, 0.1) is 13.3 Å². The van der Waals surface area contributed by atoms with Crippen molar-refractivity contribution < 1.29 is 4.74 Å². The Labute approximate surface area is 116 Å². The lowest BCUT2D eigenvalue weighted by Crippen LogP contribution is -2.46. The summed E-state index contributed by atoms with van der Waals surface area (Å²) in [6.45, 7) is 6.94. The van der Waals surface area contributed by atoms with Crippen LogP contribution in [-0.4, -0.2) is 37.3 Å². The molecule has 1 aliphatic rings. The molecule has 1 aromatic carbocycles. The fraction of sp³-hybridized carbons (Fsp3) is 0.625. The van der Waals surface area contributed by atoms with Gasteiger partial charge in [0.1, 0.15) is 0 Å². The summed E-state index contributed by atoms with van der Waals surface area (Å²) < 4.78 is 5.87. The molecule has 1 unspecified atom stereocenters. The van der Waals surface area contributed by atoms with Crippen LogP contribution in [0.4, 0.5) is 0 Å². The van der Waals surface area contributed by atoms with Gasteiger partial charge in [-0.25, -0.2) is 0 Å². The summed E-state index contributed by atoms with van der Waals surface area (Å²) in [6.07, 6.45) is 3.95. The third-order valence-corrected chi connectivity index (χ3v) is 3.75. The molecule has 3 nitrogen and oxygen atoms in total. The van der Waals surface area contributed by atoms with Crippen LogP contribution < -0.4 is 5.32 Å². The van der Waals surface area contributed by atoms with Crippen molar-refractivity contribution in [1.82, 2.24) is 10.2 Å². The molecule has 0 spiro atoms. The lowest BCUT2D eigenvalue weighted by Gasteiger charge is -2.35. The largest absolute Gasteiger partial charge is 0.361 e. The van der Waals surface area contributed by atoms with E-state index in [0.717, 1.165) is 19.8 Å². The zero-order valence-corrected chi connectivity index (χ0v) is 12.0. The second kappa shape index (κ2) is 8.31. The van der Waals surface area contributed by atoms with Crippen molar-refractivity contribution in [2.24, 2.45) is 0 Å². The van der Waals surface area contributed by atoms with E-state index in [-0.39, 0.29) is 0 Å². The molecule has 1 aliphatic heterocycles. The fourth-order valence-electron chi connectivity index (χ4n) is 2.63. The highest BCUT2D eigenvalue weighted by molar-refractivity contribution is 5.13. The fourth-order valence-corrected chi connectivity index (χ4v) is 2.63. The summed E-state index contributed by atoms with van der Waals surface area (Å²) in [5, 5.41) is 3.46. The minimum Gasteiger partial charge on any atom is -0.361 e. The predicted octanol–water partition coefficient (Wildman–Crippen LogP) is 2.62. The maximum absolute atomic E-state index is 5.87. The molecule has 0 saturated carbocycles. The standard InChI is InChI=1S/C16H26N2O/c1-2-17-12-16-10-6-7-11-18(16)14-19-13-15-8-4-3-5-9-15/h3-5,8-9,16-17H,2,6-7,10-14H2,1H3. The van der Waals surface area contributed by atoms with Gasteiger partial charge >= 0.3 is 0 Å². The van der Waals surface area contributed by atoms with E-state index in [4.69, 9.17) is 4.74 Å². The zero-order valence-electron chi connectivity index (χ0n) is 12.0. The van der Waals surface area contributed by atoms with E-state index in [1.54, 1.807) is 0 Å². The minimum atomic E-state index is 0.643. The lowest BCUT2D eigenvalue weighted by atomic mass is 10.0. The van der Waals surface area contributed by atoms with Gasteiger partial charge < -0.3 is 10.1 Å². The number of nitrogens with zero attached hydrogens (tertiary/aromatic N) is 1. The zero-order chi connectivity index (χ0) is 13.3. The molecule has 2 rings (SSSR count). The van der Waals surface area contributed by atoms with Crippen LogP contribution >= 0.6 is 0 Å². The Balaban J connectivity index is 1.73. The first kappa shape index (κ1) is 14.5. The van der Waals surface area contributed by atoms with Crippen LogP contribution in [0.25, 0.3) is 0 Å². The summed E-state index contributed by atoms with van der Waals surface area (Å²) in [5.41, 5.74) is 1.25. The van der Waals surface area contributed by atoms with Gasteiger partial charge in [0.25, 0.3) is 0 Å². The normalized spacial score (nSPS) is 20.6. The van der Waals surface area contributed by atoms with Crippen LogP contribution in [0.5, 0.6) is 0 Å². The van der Waals surface area contributed by atoms with Gasteiger partial charge in [0, 0.05) is 19.1 Å². The van der Waals surface area contributed by atoms with Gasteiger partial charge in [0.15, 0.2) is 0 Å². The van der Waals surface area contributed by atoms with Gasteiger partial charge in [-0.3, -0.25) is 4.90 Å². The smallest absolute Gasteiger partial charge is 0.0997 e. The molecule has 0 radical (unpaired) electrons. The molecule has 1 aromatic rings. The van der Waals surface area contributed by atoms with Crippen molar-refractivity contribution in [2.45, 2.75) is 38.8 Å². The molecule has 0 aliphatic carbocycles. The molecule has 1 heterocycles. The van der Waals surface area contributed by atoms with E-state index in [0.29, 0.717) is 12.6 Å². The van der Waals surface area contributed by atoms with Gasteiger partial charge in [-0.2, -0.15) is 0 Å². The summed E-state index contributed by atoms with van der Waals surface area (Å²) in [4.78, 5) is 2.48. The van der Waals surface area contributed by atoms with E-state index in [2.05, 4.69) is 41.4 Å². The van der Waals surface area contributed by atoms with Crippen molar-refractivity contribution in [2.75, 3.05) is 26.4 Å². The van der Waals surface area contributed by atoms with Crippen LogP contribution in [0.1, 0.15) is 31.7 Å². The Morgan fingerprint density at radius 3 is 2.89 bits per heavy atom. The molecule has 106 valence electrons. The highest BCUT2D eigenvalue weighted by atomic mass is 16.5. The van der Waals surface area contributed by atoms with E-state index in [1.807, 2.05) is 6.07 Å². The first-order chi connectivity index (χ1) is 9.40. The molecule has 0 amide bonds. The molecular weight excluding hydrogens is 236 g/mol. The van der Waals surface area contributed by atoms with Gasteiger partial charge in [-0.15, -0.1) is 0 Å². The molecule has 1 N–H and O–H groups in total. The third kappa shape index (κ3) is 4.94. The topological polar surface area (TPSA) is 24.5 Å². The molecule has 3 heteroatoms. The second-order valence-electron chi connectivity index (χ2n) is 5.23. The molecule has 1 fully saturated rings. The highest BCUT2D eigenvalue weighted by Gasteiger charge is 2.21. The molecular formula is C16H26N2O. The van der Waals surface area contributed by atoms with E-state index in [1.165, 1.54) is 31.4 Å². The number of hydrogen-bond donors (Lipinski definition) is 1. The Kier molecular flexibility index (Phi) is 6.34. The molecule has 1 saturated heterocycles. The number of hydrogen-bond acceptors (Lipinski definition) is 3. The van der Waals surface area contributed by atoms with Crippen LogP contribution in [-0.2, 0) is 11.3 Å². The Bertz CT molecular complexity index is 342. The molecule has 19 heavy (non-hydrogen) atoms. The van der Waals surface area contributed by atoms with E-state index < -0.39 is 0 Å². The van der Waals surface area contributed by atoms with Crippen molar-refractivity contribution in [1.29, 1.82) is 0 Å². The van der Waals surface area contributed by atoms with Crippen molar-refractivity contribution in [3.05, 3.63) is 35.9 Å². The lowest BCUT2D eigenvalue weighted by molar-refractivity contribution is -0.0169. The molecule has 0 bridgehead atoms. The van der Waals surface area contributed by atoms with Gasteiger partial charge in [-0.05, 0) is 24.9 Å². The quantitative estimate of drug-likeness (QED) is 0.817. The third-order valence-electron chi connectivity index (χ3n) is 3.75. The SMILES string of the molecule is CCNCC1CCCCN1COCc1ccccc1. The first-order valence-corrected chi connectivity index (χ1v) is 7.46. The summed E-state index contributed by atoms with van der Waals surface area (Å²) >= 11 is 0. The number of nitrogens with one attached hydrogen (secondary N) is 1. The van der Waals surface area contributed by atoms with Crippen LogP contribution in [0, 0.1) is 0 Å². The van der Waals surface area contributed by atoms with E-state index in [9.17, 15) is 0 Å². The molecule has 0 aromatic heterocycles. The second-order valence-corrected chi connectivity index (χ2v) is 5.23. The highest BCUT2D eigenvalue weighted by Crippen LogP contribution is 2.16. The Morgan fingerprint density at radius 2 is 2.11 bits per heavy atom. The van der Waals surface area contributed by atoms with Gasteiger partial charge in [-0.1, -0.05) is 43.7 Å². The maximum Gasteiger partial charge on any atom is 0.0997 e. The Hall–Kier alpha value is -0.900. The average molecular weight is 262 g/mol. The number of ether oxygens (including phenoxy) is 1. The summed E-state index contributed by atoms with van der Waals surface area (Å²) in [7, 11) is 0. The number of rotatable bonds is 7. The number of likely N-dealkylation sites (tertiary alicyclic amines) is 1. The van der Waals surface area contributed by atoms with Crippen molar-refractivity contribution >= 4 is 0 Å². The summed E-state index contributed by atoms with van der Waals surface area (Å²) in [5.74, 6) is 0. The average Bonchev–Trinajstić information content (AvgIpc) is 2.47. The van der Waals surface area contributed by atoms with Crippen molar-refractivity contribution in [3.63, 3.8) is 0 Å².